The highest BCUT2D eigenvalue weighted by molar-refractivity contribution is 5.72. The summed E-state index contributed by atoms with van der Waals surface area (Å²) in [6.45, 7) is 60.8. The molecule has 0 heterocycles. The van der Waals surface area contributed by atoms with E-state index in [0.29, 0.717) is 17.2 Å². The van der Waals surface area contributed by atoms with Gasteiger partial charge in [0.15, 0.2) is 0 Å². The Bertz CT molecular complexity index is 1770. The van der Waals surface area contributed by atoms with Crippen LogP contribution in [-0.4, -0.2) is 15.3 Å². The van der Waals surface area contributed by atoms with Crippen LogP contribution in [-0.2, 0) is 48.7 Å². The third-order valence-electron chi connectivity index (χ3n) is 13.5. The average molecular weight is 775 g/mol. The van der Waals surface area contributed by atoms with Crippen molar-refractivity contribution >= 4 is 0 Å². The van der Waals surface area contributed by atoms with E-state index in [1.165, 1.54) is 0 Å². The SMILES string of the molecule is C=C1C(C)(c2cc(C(C)(C)C)c(O)c(C(C)(C)C)c2)C(=C)C(C)(c2cc(C(C)(C)C)c(O)c(C(C)(C)C)c2)C(=C)C1(C)c1cc(C(C)(C)C)c(O)c(C(C)(C)C)c1. The Kier molecular flexibility index (Phi) is 10.8. The Hall–Kier alpha value is -3.72. The van der Waals surface area contributed by atoms with Crippen LogP contribution in [0.2, 0.25) is 0 Å². The van der Waals surface area contributed by atoms with E-state index < -0.39 is 16.2 Å². The minimum absolute atomic E-state index is 0.329. The van der Waals surface area contributed by atoms with E-state index in [0.717, 1.165) is 66.8 Å². The van der Waals surface area contributed by atoms with Crippen LogP contribution in [0.15, 0.2) is 72.9 Å². The van der Waals surface area contributed by atoms with Crippen LogP contribution in [0.25, 0.3) is 0 Å². The number of hydrogen-bond acceptors (Lipinski definition) is 3. The minimum Gasteiger partial charge on any atom is -0.507 e. The second kappa shape index (κ2) is 13.4. The molecule has 0 bridgehead atoms. The first-order valence-corrected chi connectivity index (χ1v) is 20.9. The quantitative estimate of drug-likeness (QED) is 0.232. The number of phenolic OH excluding ortho intramolecular Hbond substituents is 3. The molecule has 1 aliphatic carbocycles. The molecule has 0 spiro atoms. The lowest BCUT2D eigenvalue weighted by Gasteiger charge is -2.59. The summed E-state index contributed by atoms with van der Waals surface area (Å²) in [5.41, 5.74) is 6.46. The molecule has 1 saturated carbocycles. The molecule has 0 aliphatic heterocycles. The van der Waals surface area contributed by atoms with Gasteiger partial charge < -0.3 is 15.3 Å². The van der Waals surface area contributed by atoms with Crippen molar-refractivity contribution in [2.45, 2.75) is 194 Å². The largest absolute Gasteiger partial charge is 0.507 e. The van der Waals surface area contributed by atoms with E-state index in [1.807, 2.05) is 0 Å². The number of phenols is 3. The van der Waals surface area contributed by atoms with Crippen LogP contribution in [0.5, 0.6) is 17.2 Å². The van der Waals surface area contributed by atoms with E-state index in [4.69, 9.17) is 19.7 Å². The van der Waals surface area contributed by atoms with Gasteiger partial charge in [0, 0.05) is 16.2 Å². The van der Waals surface area contributed by atoms with Crippen molar-refractivity contribution in [3.8, 4) is 17.2 Å². The molecule has 3 heteroatoms. The second-order valence-electron chi connectivity index (χ2n) is 24.1. The van der Waals surface area contributed by atoms with E-state index in [1.54, 1.807) is 0 Å². The lowest BCUT2D eigenvalue weighted by molar-refractivity contribution is 0.373. The van der Waals surface area contributed by atoms with Crippen molar-refractivity contribution in [3.63, 3.8) is 0 Å². The summed E-state index contributed by atoms with van der Waals surface area (Å²) >= 11 is 0. The molecule has 1 aliphatic rings. The van der Waals surface area contributed by atoms with Crippen LogP contribution in [0.3, 0.4) is 0 Å². The highest BCUT2D eigenvalue weighted by Gasteiger charge is 2.59. The van der Waals surface area contributed by atoms with Crippen LogP contribution < -0.4 is 0 Å². The third-order valence-corrected chi connectivity index (χ3v) is 13.5. The van der Waals surface area contributed by atoms with E-state index in [-0.39, 0.29) is 32.5 Å². The molecular weight excluding hydrogens is 697 g/mol. The molecule has 0 amide bonds. The van der Waals surface area contributed by atoms with Gasteiger partial charge in [-0.1, -0.05) is 181 Å². The first-order valence-electron chi connectivity index (χ1n) is 20.9. The highest BCUT2D eigenvalue weighted by Crippen LogP contribution is 2.65. The summed E-state index contributed by atoms with van der Waals surface area (Å²) in [6.07, 6.45) is 0. The molecule has 3 nitrogen and oxygen atoms in total. The summed E-state index contributed by atoms with van der Waals surface area (Å²) in [5.74, 6) is 0.988. The Balaban J connectivity index is 2.36. The van der Waals surface area contributed by atoms with Crippen molar-refractivity contribution in [2.75, 3.05) is 0 Å². The molecule has 0 unspecified atom stereocenters. The zero-order valence-corrected chi connectivity index (χ0v) is 39.9. The molecule has 0 radical (unpaired) electrons. The van der Waals surface area contributed by atoms with Gasteiger partial charge >= 0.3 is 0 Å². The zero-order valence-electron chi connectivity index (χ0n) is 39.9. The van der Waals surface area contributed by atoms with Gasteiger partial charge in [-0.05, 0) is 120 Å². The Morgan fingerprint density at radius 2 is 0.439 bits per heavy atom. The molecule has 3 aromatic rings. The number of benzene rings is 3. The van der Waals surface area contributed by atoms with Crippen molar-refractivity contribution in [3.05, 3.63) is 123 Å². The Labute approximate surface area is 348 Å². The summed E-state index contributed by atoms with van der Waals surface area (Å²) in [5, 5.41) is 35.9. The van der Waals surface area contributed by atoms with Gasteiger partial charge in [-0.25, -0.2) is 0 Å². The summed E-state index contributed by atoms with van der Waals surface area (Å²) < 4.78 is 0. The smallest absolute Gasteiger partial charge is 0.123 e. The molecule has 4 rings (SSSR count). The van der Waals surface area contributed by atoms with Crippen molar-refractivity contribution in [2.24, 2.45) is 0 Å². The maximum Gasteiger partial charge on any atom is 0.123 e. The lowest BCUT2D eigenvalue weighted by Crippen LogP contribution is -2.54. The molecule has 0 saturated heterocycles. The van der Waals surface area contributed by atoms with Crippen LogP contribution in [0.4, 0.5) is 0 Å². The molecular formula is C54H78O3. The molecule has 0 aromatic heterocycles. The van der Waals surface area contributed by atoms with Crippen LogP contribution in [0, 0.1) is 0 Å². The Morgan fingerprint density at radius 3 is 0.544 bits per heavy atom. The lowest BCUT2D eigenvalue weighted by atomic mass is 9.43. The predicted octanol–water partition coefficient (Wildman–Crippen LogP) is 14.4. The maximum absolute atomic E-state index is 12.0. The van der Waals surface area contributed by atoms with Gasteiger partial charge in [0.05, 0.1) is 0 Å². The topological polar surface area (TPSA) is 60.7 Å². The van der Waals surface area contributed by atoms with Crippen molar-refractivity contribution in [1.29, 1.82) is 0 Å². The minimum atomic E-state index is -0.845. The van der Waals surface area contributed by atoms with E-state index >= 15 is 0 Å². The molecule has 57 heavy (non-hydrogen) atoms. The van der Waals surface area contributed by atoms with Gasteiger partial charge in [0.2, 0.25) is 0 Å². The average Bonchev–Trinajstić information content (AvgIpc) is 3.02. The summed E-state index contributed by atoms with van der Waals surface area (Å²) in [7, 11) is 0. The molecule has 1 fully saturated rings. The first kappa shape index (κ1) is 46.0. The van der Waals surface area contributed by atoms with Crippen molar-refractivity contribution in [1.82, 2.24) is 0 Å². The monoisotopic (exact) mass is 775 g/mol. The fourth-order valence-corrected chi connectivity index (χ4v) is 9.29. The van der Waals surface area contributed by atoms with Crippen LogP contribution in [0.1, 0.15) is 195 Å². The standard InChI is InChI=1S/C54H78O3/c1-31-52(22,34-25-37(46(4,5)6)43(55)38(26-34)47(7,8)9)32(2)54(24,36-29-41(50(16,17)18)45(57)42(30-36)51(19,20)21)33(3)53(31,23)35-27-39(48(10,11)12)44(56)40(28-35)49(13,14)15/h25-30,55-57H,1-3H2,4-24H3. The van der Waals surface area contributed by atoms with Gasteiger partial charge in [-0.2, -0.15) is 0 Å². The predicted molar refractivity (Wildman–Crippen MR) is 246 cm³/mol. The highest BCUT2D eigenvalue weighted by atomic mass is 16.3. The van der Waals surface area contributed by atoms with Crippen LogP contribution >= 0.6 is 0 Å². The van der Waals surface area contributed by atoms with Gasteiger partial charge in [0.25, 0.3) is 0 Å². The fourth-order valence-electron chi connectivity index (χ4n) is 9.29. The third kappa shape index (κ3) is 7.33. The summed E-state index contributed by atoms with van der Waals surface area (Å²) in [4.78, 5) is 0. The van der Waals surface area contributed by atoms with Gasteiger partial charge in [-0.15, -0.1) is 0 Å². The first-order chi connectivity index (χ1) is 25.2. The maximum atomic E-state index is 12.0. The van der Waals surface area contributed by atoms with Gasteiger partial charge in [0.1, 0.15) is 17.2 Å². The summed E-state index contributed by atoms with van der Waals surface area (Å²) in [6, 6.07) is 13.1. The molecule has 312 valence electrons. The van der Waals surface area contributed by atoms with E-state index in [9.17, 15) is 15.3 Å². The molecule has 3 N–H and O–H groups in total. The number of allylic oxidation sites excluding steroid dienone is 3. The number of hydrogen-bond donors (Lipinski definition) is 3. The van der Waals surface area contributed by atoms with Gasteiger partial charge in [-0.3, -0.25) is 0 Å². The fraction of sp³-hybridized carbons (Fsp3) is 0.556. The van der Waals surface area contributed by atoms with E-state index in [2.05, 4.69) is 182 Å². The normalized spacial score (nSPS) is 23.0. The zero-order chi connectivity index (χ0) is 44.4. The number of rotatable bonds is 3. The second-order valence-corrected chi connectivity index (χ2v) is 24.1. The van der Waals surface area contributed by atoms with Crippen molar-refractivity contribution < 1.29 is 15.3 Å². The molecule has 0 atom stereocenters. The molecule has 3 aromatic carbocycles. The number of aromatic hydroxyl groups is 3. The Morgan fingerprint density at radius 1 is 0.316 bits per heavy atom.